The number of carbonyl (C=O) groups excluding carboxylic acids is 1. The largest absolute Gasteiger partial charge is 0.474 e. The molecular weight excluding hydrogens is 529 g/mol. The number of hydrogen-bond acceptors (Lipinski definition) is 7. The molecule has 10 nitrogen and oxygen atoms in total. The highest BCUT2D eigenvalue weighted by molar-refractivity contribution is 7.47. The summed E-state index contributed by atoms with van der Waals surface area (Å²) in [4.78, 5) is 32.8. The number of benzene rings is 1. The number of likely N-dealkylation sites (N-methyl/N-ethyl adjacent to an activating group) is 1. The highest BCUT2D eigenvalue weighted by Crippen LogP contribution is 2.50. The van der Waals surface area contributed by atoms with Crippen molar-refractivity contribution in [3.8, 4) is 28.3 Å². The maximum atomic E-state index is 12.7. The molecule has 0 bridgehead atoms. The van der Waals surface area contributed by atoms with E-state index in [1.165, 1.54) is 11.0 Å². The number of phosphoric acid groups is 1. The first kappa shape index (κ1) is 28.9. The quantitative estimate of drug-likeness (QED) is 0.198. The van der Waals surface area contributed by atoms with Gasteiger partial charge in [-0.15, -0.1) is 0 Å². The molecule has 0 aliphatic rings. The van der Waals surface area contributed by atoms with Gasteiger partial charge in [0, 0.05) is 47.8 Å². The molecule has 1 amide bonds. The molecule has 0 saturated heterocycles. The van der Waals surface area contributed by atoms with Crippen molar-refractivity contribution in [1.82, 2.24) is 14.5 Å². The number of carbonyl (C=O) groups is 1. The Balaban J connectivity index is 1.84. The molecule has 0 radical (unpaired) electrons. The number of aromatic nitrogens is 3. The molecule has 2 unspecified atom stereocenters. The van der Waals surface area contributed by atoms with Crippen LogP contribution in [-0.4, -0.2) is 38.0 Å². The number of pyridine rings is 2. The van der Waals surface area contributed by atoms with Crippen LogP contribution in [0, 0.1) is 11.3 Å². The normalized spacial score (nSPS) is 13.8. The van der Waals surface area contributed by atoms with E-state index >= 15 is 0 Å². The summed E-state index contributed by atoms with van der Waals surface area (Å²) in [6.45, 7) is 10.1. The van der Waals surface area contributed by atoms with Crippen molar-refractivity contribution >= 4 is 30.5 Å². The van der Waals surface area contributed by atoms with Gasteiger partial charge in [-0.2, -0.15) is 5.26 Å². The highest BCUT2D eigenvalue weighted by atomic mass is 31.2. The molecule has 3 heterocycles. The van der Waals surface area contributed by atoms with Crippen LogP contribution in [0.15, 0.2) is 73.7 Å². The summed E-state index contributed by atoms with van der Waals surface area (Å²) in [6.07, 6.45) is 5.31. The fourth-order valence-electron chi connectivity index (χ4n) is 4.23. The summed E-state index contributed by atoms with van der Waals surface area (Å²) < 4.78 is 25.1. The van der Waals surface area contributed by atoms with Crippen molar-refractivity contribution in [3.05, 3.63) is 79.4 Å². The molecule has 0 aliphatic carbocycles. The Hall–Kier alpha value is -4.13. The molecule has 40 heavy (non-hydrogen) atoms. The lowest BCUT2D eigenvalue weighted by molar-refractivity contribution is -0.113. The van der Waals surface area contributed by atoms with E-state index in [2.05, 4.69) is 17.6 Å². The Labute approximate surface area is 232 Å². The van der Waals surface area contributed by atoms with Crippen molar-refractivity contribution in [2.45, 2.75) is 39.5 Å². The zero-order chi connectivity index (χ0) is 29.2. The minimum Gasteiger partial charge on any atom is -0.312 e. The first-order valence-electron chi connectivity index (χ1n) is 12.4. The van der Waals surface area contributed by atoms with Crippen LogP contribution >= 0.6 is 7.82 Å². The molecule has 4 aromatic rings. The van der Waals surface area contributed by atoms with Crippen LogP contribution < -0.4 is 4.90 Å². The lowest BCUT2D eigenvalue weighted by Gasteiger charge is -2.25. The van der Waals surface area contributed by atoms with Gasteiger partial charge < -0.3 is 14.4 Å². The molecule has 0 saturated carbocycles. The van der Waals surface area contributed by atoms with Crippen LogP contribution in [0.1, 0.15) is 39.6 Å². The van der Waals surface area contributed by atoms with E-state index in [9.17, 15) is 19.5 Å². The summed E-state index contributed by atoms with van der Waals surface area (Å²) in [6, 6.07) is 14.9. The minimum atomic E-state index is -4.41. The van der Waals surface area contributed by atoms with Crippen molar-refractivity contribution in [2.24, 2.45) is 0 Å². The Morgan fingerprint density at radius 2 is 1.95 bits per heavy atom. The van der Waals surface area contributed by atoms with Crippen LogP contribution in [0.3, 0.4) is 0 Å². The second-order valence-corrected chi connectivity index (χ2v) is 11.4. The molecular formula is C29H30N5O5P. The van der Waals surface area contributed by atoms with Gasteiger partial charge in [-0.1, -0.05) is 18.7 Å². The van der Waals surface area contributed by atoms with E-state index in [1.807, 2.05) is 30.3 Å². The molecule has 2 atom stereocenters. The number of amides is 1. The number of rotatable bonds is 8. The summed E-state index contributed by atoms with van der Waals surface area (Å²) in [7, 11) is -2.74. The Morgan fingerprint density at radius 1 is 1.20 bits per heavy atom. The van der Waals surface area contributed by atoms with E-state index in [4.69, 9.17) is 14.0 Å². The minimum absolute atomic E-state index is 0.235. The van der Waals surface area contributed by atoms with Crippen LogP contribution in [0.5, 0.6) is 0 Å². The first-order chi connectivity index (χ1) is 18.8. The van der Waals surface area contributed by atoms with Gasteiger partial charge in [-0.25, -0.2) is 14.5 Å². The second kappa shape index (κ2) is 11.2. The summed E-state index contributed by atoms with van der Waals surface area (Å²) in [5, 5.41) is 10.1. The van der Waals surface area contributed by atoms with E-state index < -0.39 is 19.7 Å². The predicted molar refractivity (Wildman–Crippen MR) is 153 cm³/mol. The summed E-state index contributed by atoms with van der Waals surface area (Å²) >= 11 is 0. The Kier molecular flexibility index (Phi) is 8.05. The highest BCUT2D eigenvalue weighted by Gasteiger charge is 2.32. The van der Waals surface area contributed by atoms with Gasteiger partial charge in [-0.3, -0.25) is 13.8 Å². The lowest BCUT2D eigenvalue weighted by atomic mass is 10.0. The van der Waals surface area contributed by atoms with Gasteiger partial charge in [0.1, 0.15) is 23.6 Å². The first-order valence-corrected chi connectivity index (χ1v) is 13.9. The Morgan fingerprint density at radius 3 is 2.62 bits per heavy atom. The molecule has 0 fully saturated rings. The molecule has 0 aliphatic heterocycles. The SMILES string of the molecule is C=CC(=O)N(C)c1cccc(-c2cnc3c(c2)c(-c2ccnc(C#N)c2)cn3C(C)OP(=O)(O)OC(C)(C)C)c1. The molecule has 4 rings (SSSR count). The standard InChI is InChI=1S/C29H30N5O5P/c1-7-27(35)33(6)24-10-8-9-20(14-24)22-15-25-26(21-11-12-31-23(13-21)16-30)18-34(28(25)32-17-22)19(2)38-40(36,37)39-29(3,4)5/h7-15,17-19H,1H2,2-6H3,(H,36,37). The average Bonchev–Trinajstić information content (AvgIpc) is 3.30. The fourth-order valence-corrected chi connectivity index (χ4v) is 5.45. The smallest absolute Gasteiger partial charge is 0.312 e. The topological polar surface area (TPSA) is 131 Å². The van der Waals surface area contributed by atoms with E-state index in [0.29, 0.717) is 22.3 Å². The van der Waals surface area contributed by atoms with Gasteiger partial charge in [-0.05, 0) is 75.2 Å². The third-order valence-electron chi connectivity index (χ3n) is 5.99. The van der Waals surface area contributed by atoms with Crippen molar-refractivity contribution < 1.29 is 23.3 Å². The van der Waals surface area contributed by atoms with E-state index in [-0.39, 0.29) is 11.6 Å². The van der Waals surface area contributed by atoms with Gasteiger partial charge in [0.25, 0.3) is 0 Å². The van der Waals surface area contributed by atoms with Crippen LogP contribution in [0.4, 0.5) is 5.69 Å². The molecule has 206 valence electrons. The number of hydrogen-bond donors (Lipinski definition) is 1. The lowest BCUT2D eigenvalue weighted by Crippen LogP contribution is -2.23. The fraction of sp³-hybridized carbons (Fsp3) is 0.241. The number of fused-ring (bicyclic) bond motifs is 1. The van der Waals surface area contributed by atoms with Crippen LogP contribution in [-0.2, 0) is 18.4 Å². The second-order valence-electron chi connectivity index (χ2n) is 10.1. The number of nitrogens with zero attached hydrogens (tertiary/aromatic N) is 5. The molecule has 0 spiro atoms. The third-order valence-corrected chi connectivity index (χ3v) is 7.34. The number of phosphoric ester groups is 1. The molecule has 1 N–H and O–H groups in total. The summed E-state index contributed by atoms with van der Waals surface area (Å²) in [5.41, 5.74) is 3.56. The van der Waals surface area contributed by atoms with E-state index in [0.717, 1.165) is 16.7 Å². The third kappa shape index (κ3) is 6.36. The zero-order valence-corrected chi connectivity index (χ0v) is 23.8. The Bertz CT molecular complexity index is 1680. The monoisotopic (exact) mass is 559 g/mol. The maximum Gasteiger partial charge on any atom is 0.474 e. The number of anilines is 1. The molecule has 11 heteroatoms. The van der Waals surface area contributed by atoms with Gasteiger partial charge >= 0.3 is 7.82 Å². The van der Waals surface area contributed by atoms with Crippen LogP contribution in [0.2, 0.25) is 0 Å². The maximum absolute atomic E-state index is 12.7. The summed E-state index contributed by atoms with van der Waals surface area (Å²) in [5.74, 6) is -0.235. The van der Waals surface area contributed by atoms with Gasteiger partial charge in [0.15, 0.2) is 0 Å². The van der Waals surface area contributed by atoms with Gasteiger partial charge in [0.05, 0.1) is 5.60 Å². The van der Waals surface area contributed by atoms with Crippen LogP contribution in [0.25, 0.3) is 33.3 Å². The number of nitriles is 1. The van der Waals surface area contributed by atoms with E-state index in [1.54, 1.807) is 70.0 Å². The van der Waals surface area contributed by atoms with Gasteiger partial charge in [0.2, 0.25) is 5.91 Å². The van der Waals surface area contributed by atoms with Crippen molar-refractivity contribution in [3.63, 3.8) is 0 Å². The van der Waals surface area contributed by atoms with Crippen molar-refractivity contribution in [2.75, 3.05) is 11.9 Å². The average molecular weight is 560 g/mol. The van der Waals surface area contributed by atoms with Crippen molar-refractivity contribution in [1.29, 1.82) is 5.26 Å². The molecule has 3 aromatic heterocycles. The molecule has 1 aromatic carbocycles. The zero-order valence-electron chi connectivity index (χ0n) is 22.9. The predicted octanol–water partition coefficient (Wildman–Crippen LogP) is 6.24.